The molecule has 156 valence electrons. The number of rotatable bonds is 2. The molecule has 0 aliphatic heterocycles. The van der Waals surface area contributed by atoms with Gasteiger partial charge in [-0.25, -0.2) is 4.79 Å². The first kappa shape index (κ1) is 20.7. The van der Waals surface area contributed by atoms with Crippen molar-refractivity contribution in [1.82, 2.24) is 0 Å². The lowest BCUT2D eigenvalue weighted by Crippen LogP contribution is -2.55. The van der Waals surface area contributed by atoms with E-state index in [4.69, 9.17) is 9.47 Å². The molecule has 3 rings (SSSR count). The van der Waals surface area contributed by atoms with Crippen LogP contribution >= 0.6 is 0 Å². The normalized spacial score (nSPS) is 43.3. The molecule has 4 nitrogen and oxygen atoms in total. The highest BCUT2D eigenvalue weighted by Gasteiger charge is 2.69. The van der Waals surface area contributed by atoms with Crippen LogP contribution in [0.3, 0.4) is 0 Å². The standard InChI is InChI=1S/C20H31F3O4/c1-9-10(2)12-7-11(9)13-8-14(16(24)15(12)13)19(6,20(21,22)23)27-17(25)26-18(3,4)5/h9-16,24H,7-8H2,1-6H3. The molecule has 0 spiro atoms. The largest absolute Gasteiger partial charge is 0.509 e. The van der Waals surface area contributed by atoms with Gasteiger partial charge in [-0.05, 0) is 76.0 Å². The number of ether oxygens (including phenoxy) is 2. The van der Waals surface area contributed by atoms with Crippen LogP contribution in [0.15, 0.2) is 0 Å². The van der Waals surface area contributed by atoms with E-state index in [9.17, 15) is 23.1 Å². The Hall–Kier alpha value is -0.980. The predicted octanol–water partition coefficient (Wildman–Crippen LogP) is 4.79. The second kappa shape index (κ2) is 6.26. The maximum atomic E-state index is 14.0. The molecule has 3 aliphatic rings. The van der Waals surface area contributed by atoms with Gasteiger partial charge in [0.15, 0.2) is 0 Å². The molecule has 0 heterocycles. The smallest absolute Gasteiger partial charge is 0.429 e. The Bertz CT molecular complexity index is 599. The monoisotopic (exact) mass is 392 g/mol. The minimum absolute atomic E-state index is 0.0603. The van der Waals surface area contributed by atoms with Crippen LogP contribution in [-0.4, -0.2) is 34.7 Å². The number of fused-ring (bicyclic) bond motifs is 5. The van der Waals surface area contributed by atoms with Gasteiger partial charge in [-0.2, -0.15) is 13.2 Å². The van der Waals surface area contributed by atoms with Crippen molar-refractivity contribution >= 4 is 6.16 Å². The molecule has 3 fully saturated rings. The van der Waals surface area contributed by atoms with Crippen molar-refractivity contribution in [1.29, 1.82) is 0 Å². The summed E-state index contributed by atoms with van der Waals surface area (Å²) in [6, 6.07) is 0. The lowest BCUT2D eigenvalue weighted by atomic mass is 9.70. The number of alkyl halides is 3. The average molecular weight is 392 g/mol. The van der Waals surface area contributed by atoms with Gasteiger partial charge in [-0.15, -0.1) is 0 Å². The highest BCUT2D eigenvalue weighted by Crippen LogP contribution is 2.66. The van der Waals surface area contributed by atoms with Crippen molar-refractivity contribution in [3.05, 3.63) is 0 Å². The second-order valence-electron chi connectivity index (χ2n) is 10.0. The number of aliphatic hydroxyl groups is 1. The molecule has 0 amide bonds. The van der Waals surface area contributed by atoms with Crippen molar-refractivity contribution < 1.29 is 32.5 Å². The first-order valence-corrected chi connectivity index (χ1v) is 9.84. The average Bonchev–Trinajstić information content (AvgIpc) is 3.08. The quantitative estimate of drug-likeness (QED) is 0.686. The van der Waals surface area contributed by atoms with Crippen LogP contribution in [-0.2, 0) is 9.47 Å². The summed E-state index contributed by atoms with van der Waals surface area (Å²) in [5.74, 6) is 0.172. The van der Waals surface area contributed by atoms with E-state index in [0.717, 1.165) is 13.3 Å². The molecule has 0 aromatic heterocycles. The lowest BCUT2D eigenvalue weighted by Gasteiger charge is -2.39. The molecule has 27 heavy (non-hydrogen) atoms. The zero-order valence-corrected chi connectivity index (χ0v) is 16.8. The molecule has 1 N–H and O–H groups in total. The van der Waals surface area contributed by atoms with Gasteiger partial charge in [-0.3, -0.25) is 0 Å². The molecule has 0 aromatic rings. The summed E-state index contributed by atoms with van der Waals surface area (Å²) in [5, 5.41) is 10.9. The Balaban J connectivity index is 1.86. The number of carbonyl (C=O) groups is 1. The van der Waals surface area contributed by atoms with Crippen LogP contribution in [0.5, 0.6) is 0 Å². The minimum Gasteiger partial charge on any atom is -0.429 e. The van der Waals surface area contributed by atoms with E-state index in [1.165, 1.54) is 0 Å². The summed E-state index contributed by atoms with van der Waals surface area (Å²) < 4.78 is 51.9. The summed E-state index contributed by atoms with van der Waals surface area (Å²) in [4.78, 5) is 12.0. The van der Waals surface area contributed by atoms with Crippen LogP contribution in [0.2, 0.25) is 0 Å². The number of carbonyl (C=O) groups excluding carboxylic acids is 1. The fourth-order valence-electron chi connectivity index (χ4n) is 6.08. The molecular formula is C20H31F3O4. The highest BCUT2D eigenvalue weighted by atomic mass is 19.4. The molecule has 2 bridgehead atoms. The zero-order valence-electron chi connectivity index (χ0n) is 16.8. The Morgan fingerprint density at radius 2 is 1.48 bits per heavy atom. The van der Waals surface area contributed by atoms with E-state index in [2.05, 4.69) is 13.8 Å². The van der Waals surface area contributed by atoms with Crippen molar-refractivity contribution in [3.8, 4) is 0 Å². The summed E-state index contributed by atoms with van der Waals surface area (Å²) in [7, 11) is 0. The first-order valence-electron chi connectivity index (χ1n) is 9.84. The van der Waals surface area contributed by atoms with E-state index in [0.29, 0.717) is 17.8 Å². The van der Waals surface area contributed by atoms with E-state index in [-0.39, 0.29) is 24.2 Å². The van der Waals surface area contributed by atoms with Gasteiger partial charge in [0.2, 0.25) is 5.60 Å². The fourth-order valence-corrected chi connectivity index (χ4v) is 6.08. The van der Waals surface area contributed by atoms with Crippen LogP contribution < -0.4 is 0 Å². The molecule has 7 heteroatoms. The molecule has 3 saturated carbocycles. The molecule has 0 radical (unpaired) electrons. The molecule has 0 saturated heterocycles. The van der Waals surface area contributed by atoms with Crippen LogP contribution in [0, 0.1) is 41.4 Å². The third-order valence-electron chi connectivity index (χ3n) is 7.55. The summed E-state index contributed by atoms with van der Waals surface area (Å²) in [6.45, 7) is 9.86. The van der Waals surface area contributed by atoms with E-state index in [1.807, 2.05) is 0 Å². The minimum atomic E-state index is -4.80. The number of hydrogen-bond acceptors (Lipinski definition) is 4. The fraction of sp³-hybridized carbons (Fsp3) is 0.950. The van der Waals surface area contributed by atoms with Gasteiger partial charge < -0.3 is 14.6 Å². The van der Waals surface area contributed by atoms with Crippen LogP contribution in [0.4, 0.5) is 18.0 Å². The highest BCUT2D eigenvalue weighted by molar-refractivity contribution is 5.61. The molecule has 3 aliphatic carbocycles. The van der Waals surface area contributed by atoms with Gasteiger partial charge in [0, 0.05) is 5.92 Å². The first-order chi connectivity index (χ1) is 12.2. The molecule has 9 atom stereocenters. The Morgan fingerprint density at radius 3 is 2.00 bits per heavy atom. The van der Waals surface area contributed by atoms with Gasteiger partial charge >= 0.3 is 12.3 Å². The summed E-state index contributed by atoms with van der Waals surface area (Å²) in [5.41, 5.74) is -3.73. The third kappa shape index (κ3) is 3.23. The van der Waals surface area contributed by atoms with Crippen LogP contribution in [0.1, 0.15) is 54.4 Å². The number of hydrogen-bond donors (Lipinski definition) is 1. The lowest BCUT2D eigenvalue weighted by molar-refractivity contribution is -0.285. The summed E-state index contributed by atoms with van der Waals surface area (Å²) >= 11 is 0. The second-order valence-corrected chi connectivity index (χ2v) is 10.0. The van der Waals surface area contributed by atoms with E-state index < -0.39 is 35.6 Å². The summed E-state index contributed by atoms with van der Waals surface area (Å²) in [6.07, 6.45) is -6.07. The Labute approximate surface area is 158 Å². The molecule has 0 aromatic carbocycles. The van der Waals surface area contributed by atoms with Crippen molar-refractivity contribution in [2.24, 2.45) is 41.4 Å². The zero-order chi connectivity index (χ0) is 20.5. The van der Waals surface area contributed by atoms with Crippen LogP contribution in [0.25, 0.3) is 0 Å². The molecule has 9 unspecified atom stereocenters. The number of halogens is 3. The third-order valence-corrected chi connectivity index (χ3v) is 7.55. The van der Waals surface area contributed by atoms with Crippen molar-refractivity contribution in [3.63, 3.8) is 0 Å². The van der Waals surface area contributed by atoms with E-state index >= 15 is 0 Å². The maximum absolute atomic E-state index is 14.0. The van der Waals surface area contributed by atoms with Gasteiger partial charge in [0.1, 0.15) is 5.60 Å². The number of aliphatic hydroxyl groups excluding tert-OH is 1. The molecular weight excluding hydrogens is 361 g/mol. The van der Waals surface area contributed by atoms with Gasteiger partial charge in [0.25, 0.3) is 0 Å². The van der Waals surface area contributed by atoms with Gasteiger partial charge in [-0.1, -0.05) is 13.8 Å². The van der Waals surface area contributed by atoms with Crippen molar-refractivity contribution in [2.75, 3.05) is 0 Å². The Kier molecular flexibility index (Phi) is 4.81. The predicted molar refractivity (Wildman–Crippen MR) is 92.8 cm³/mol. The Morgan fingerprint density at radius 1 is 0.926 bits per heavy atom. The maximum Gasteiger partial charge on any atom is 0.509 e. The topological polar surface area (TPSA) is 55.8 Å². The van der Waals surface area contributed by atoms with E-state index in [1.54, 1.807) is 20.8 Å². The van der Waals surface area contributed by atoms with Gasteiger partial charge in [0.05, 0.1) is 6.10 Å². The SMILES string of the molecule is CC1C(C)C2CC1C1CC(C(C)(OC(=O)OC(C)(C)C)C(F)(F)F)C(O)C21. The van der Waals surface area contributed by atoms with Crippen molar-refractivity contribution in [2.45, 2.75) is 77.9 Å².